The molecule has 20 heteroatoms. The molecule has 0 unspecified atom stereocenters. The number of nitrogens with one attached hydrogen (secondary N) is 1. The molecule has 19 nitrogen and oxygen atoms in total. The molecule has 10 heterocycles. The average molecular weight is 1190 g/mol. The van der Waals surface area contributed by atoms with Crippen molar-refractivity contribution in [1.29, 1.82) is 0 Å². The molecule has 85 heavy (non-hydrogen) atoms. The number of aromatic nitrogens is 19. The van der Waals surface area contributed by atoms with Gasteiger partial charge in [0.2, 0.25) is 0 Å². The van der Waals surface area contributed by atoms with E-state index in [0.717, 1.165) is 39.6 Å². The highest BCUT2D eigenvalue weighted by Crippen LogP contribution is 1.99. The molecule has 0 fully saturated rings. The van der Waals surface area contributed by atoms with E-state index >= 15 is 0 Å². The summed E-state index contributed by atoms with van der Waals surface area (Å²) in [5.41, 5.74) is 5.46. The summed E-state index contributed by atoms with van der Waals surface area (Å²) in [4.78, 5) is 38.7. The Bertz CT molecular complexity index is 2120. The van der Waals surface area contributed by atoms with Crippen LogP contribution >= 0.6 is 11.5 Å². The van der Waals surface area contributed by atoms with Crippen LogP contribution in [0.1, 0.15) is 175 Å². The van der Waals surface area contributed by atoms with Crippen molar-refractivity contribution in [2.45, 2.75) is 187 Å². The molecule has 0 aliphatic carbocycles. The monoisotopic (exact) mass is 1190 g/mol. The van der Waals surface area contributed by atoms with Gasteiger partial charge in [-0.3, -0.25) is 30.0 Å². The van der Waals surface area contributed by atoms with Crippen LogP contribution in [0.5, 0.6) is 0 Å². The van der Waals surface area contributed by atoms with E-state index in [0.29, 0.717) is 0 Å². The van der Waals surface area contributed by atoms with Gasteiger partial charge in [-0.15, -0.1) is 10.2 Å². The molecule has 0 atom stereocenters. The number of pyridine rings is 3. The van der Waals surface area contributed by atoms with Gasteiger partial charge in [0.05, 0.1) is 17.7 Å². The Balaban J connectivity index is -0.000000105. The lowest BCUT2D eigenvalue weighted by Crippen LogP contribution is -1.80. The Morgan fingerprint density at radius 2 is 0.906 bits per heavy atom. The molecule has 0 aromatic carbocycles. The minimum atomic E-state index is 0.822. The second-order valence-corrected chi connectivity index (χ2v) is 14.3. The maximum absolute atomic E-state index is 4.02. The Hall–Kier alpha value is -8.26. The number of hydrogen-bond donors (Lipinski definition) is 1. The molecular weight excluding hydrogens is 1080 g/mol. The molecule has 10 rings (SSSR count). The molecule has 0 bridgehead atoms. The number of aromatic amines is 1. The van der Waals surface area contributed by atoms with Gasteiger partial charge in [0, 0.05) is 100 Å². The van der Waals surface area contributed by atoms with Gasteiger partial charge in [0.25, 0.3) is 0 Å². The second kappa shape index (κ2) is 87.0. The van der Waals surface area contributed by atoms with E-state index < -0.39 is 0 Å². The smallest absolute Gasteiger partial charge is 0.139 e. The number of nitrogens with zero attached hydrogens (tertiary/aromatic N) is 18. The van der Waals surface area contributed by atoms with Crippen LogP contribution in [0.25, 0.3) is 0 Å². The summed E-state index contributed by atoms with van der Waals surface area (Å²) in [5, 5.41) is 21.7. The number of H-pyrrole nitrogens is 1. The van der Waals surface area contributed by atoms with Gasteiger partial charge in [-0.2, -0.15) is 19.7 Å². The number of imidazole rings is 1. The maximum atomic E-state index is 4.02. The second-order valence-electron chi connectivity index (χ2n) is 13.3. The van der Waals surface area contributed by atoms with Gasteiger partial charge in [-0.25, -0.2) is 24.9 Å². The van der Waals surface area contributed by atoms with Gasteiger partial charge in [0.1, 0.15) is 41.5 Å². The molecule has 476 valence electrons. The van der Waals surface area contributed by atoms with E-state index in [1.54, 1.807) is 97.8 Å². The summed E-state index contributed by atoms with van der Waals surface area (Å²) in [6, 6.07) is 19.3. The first-order valence-electron chi connectivity index (χ1n) is 29.4. The van der Waals surface area contributed by atoms with Gasteiger partial charge in [-0.05, 0) is 134 Å². The molecule has 0 aliphatic heterocycles. The molecule has 0 radical (unpaired) electrons. The third-order valence-corrected chi connectivity index (χ3v) is 7.61. The SMILES string of the molecule is CC.CC.CC.CC.CC.CC.CC.CC.CC.Cc1ccccn1.Cc1cccnc1.Cc1cccnn1.Cc1ccncc1.Cc1cnccn1.Cc1ncccn1.Cc1ncn[nH]1.Cc1nsc(C)n1.Cn1ccnc1.Cn1cnnc1. The minimum Gasteiger partial charge on any atom is -0.341 e. The van der Waals surface area contributed by atoms with Crippen LogP contribution in [0.3, 0.4) is 0 Å². The van der Waals surface area contributed by atoms with Crippen molar-refractivity contribution in [1.82, 2.24) is 93.9 Å². The topological polar surface area (TPSA) is 232 Å². The first kappa shape index (κ1) is 95.9. The number of rotatable bonds is 0. The van der Waals surface area contributed by atoms with Crippen molar-refractivity contribution in [2.75, 3.05) is 0 Å². The van der Waals surface area contributed by atoms with Crippen LogP contribution in [0, 0.1) is 62.3 Å². The first-order valence-corrected chi connectivity index (χ1v) is 30.2. The molecule has 1 N–H and O–H groups in total. The number of aryl methyl sites for hydroxylation is 11. The summed E-state index contributed by atoms with van der Waals surface area (Å²) >= 11 is 1.44. The molecule has 0 amide bonds. The zero-order valence-electron chi connectivity index (χ0n) is 58.0. The zero-order valence-corrected chi connectivity index (χ0v) is 58.9. The maximum Gasteiger partial charge on any atom is 0.139 e. The Morgan fingerprint density at radius 1 is 0.376 bits per heavy atom. The highest BCUT2D eigenvalue weighted by molar-refractivity contribution is 7.05. The Labute approximate surface area is 521 Å². The average Bonchev–Trinajstić information content (AvgIpc) is 4.45. The summed E-state index contributed by atoms with van der Waals surface area (Å²) in [7, 11) is 3.81. The standard InChI is InChI=1S/3C6H7N.3C5H6N2.C4H6N2S.C4H6N2.2C3H5N3.9C2H6/c1-6-2-4-7-5-3-6;1-6-3-2-4-7-5-6;1-6-4-2-3-5-7-6;1-5-4-6-2-3-7-5;1-5-6-3-2-4-7-5;1-5-3-2-4-6-7-5;1-3-5-4(2)7-6-3;1-6-3-2-5-4-6;1-6-2-4-5-3-6;1-3-4-2-5-6-3;9*1-2/h3*2-5H,1H3;3*2-4H,1H3;1-2H3;2-4H,1H3;2-3H,1H3;2H,1H3,(H,4,5,6);9*1-2H3. The molecule has 0 aliphatic rings. The van der Waals surface area contributed by atoms with Crippen LogP contribution in [-0.2, 0) is 14.1 Å². The fourth-order valence-electron chi connectivity index (χ4n) is 3.69. The predicted molar refractivity (Wildman–Crippen MR) is 364 cm³/mol. The lowest BCUT2D eigenvalue weighted by Gasteiger charge is -1.82. The van der Waals surface area contributed by atoms with Crippen LogP contribution in [0.15, 0.2) is 167 Å². The van der Waals surface area contributed by atoms with Crippen LogP contribution in [0.2, 0.25) is 0 Å². The Kier molecular flexibility index (Phi) is 98.2. The van der Waals surface area contributed by atoms with Crippen molar-refractivity contribution in [2.24, 2.45) is 14.1 Å². The van der Waals surface area contributed by atoms with E-state index in [1.807, 2.05) is 273 Å². The highest BCUT2D eigenvalue weighted by atomic mass is 32.1. The van der Waals surface area contributed by atoms with Crippen LogP contribution in [0.4, 0.5) is 0 Å². The third-order valence-electron chi connectivity index (χ3n) is 6.90. The van der Waals surface area contributed by atoms with Gasteiger partial charge in [0.15, 0.2) is 0 Å². The van der Waals surface area contributed by atoms with Crippen LogP contribution < -0.4 is 0 Å². The lowest BCUT2D eigenvalue weighted by molar-refractivity contribution is 0.910. The van der Waals surface area contributed by atoms with Crippen molar-refractivity contribution in [3.8, 4) is 0 Å². The van der Waals surface area contributed by atoms with Gasteiger partial charge < -0.3 is 9.13 Å². The van der Waals surface area contributed by atoms with E-state index in [1.165, 1.54) is 29.0 Å². The fraction of sp³-hybridized carbons (Fsp3) is 0.446. The largest absolute Gasteiger partial charge is 0.341 e. The molecular formula is C65H115N19S. The molecule has 10 aromatic heterocycles. The Morgan fingerprint density at radius 3 is 1.09 bits per heavy atom. The summed E-state index contributed by atoms with van der Waals surface area (Å²) in [6.45, 7) is 53.4. The van der Waals surface area contributed by atoms with E-state index in [-0.39, 0.29) is 0 Å². The van der Waals surface area contributed by atoms with Crippen LogP contribution in [-0.4, -0.2) is 93.9 Å². The minimum absolute atomic E-state index is 0.822. The molecule has 10 aromatic rings. The molecule has 0 saturated heterocycles. The van der Waals surface area contributed by atoms with Gasteiger partial charge >= 0.3 is 0 Å². The molecule has 0 saturated carbocycles. The summed E-state index contributed by atoms with van der Waals surface area (Å²) in [6.07, 6.45) is 29.3. The van der Waals surface area contributed by atoms with Crippen molar-refractivity contribution >= 4 is 11.5 Å². The summed E-state index contributed by atoms with van der Waals surface area (Å²) < 4.78 is 7.61. The normalized spacial score (nSPS) is 7.59. The zero-order chi connectivity index (χ0) is 67.2. The van der Waals surface area contributed by atoms with E-state index in [4.69, 9.17) is 0 Å². The fourth-order valence-corrected chi connectivity index (χ4v) is 4.17. The third kappa shape index (κ3) is 84.7. The van der Waals surface area contributed by atoms with Crippen molar-refractivity contribution in [3.05, 3.63) is 217 Å². The van der Waals surface area contributed by atoms with Gasteiger partial charge in [-0.1, -0.05) is 137 Å². The molecule has 0 spiro atoms. The first-order chi connectivity index (χ1) is 41.3. The lowest BCUT2D eigenvalue weighted by atomic mass is 10.3. The predicted octanol–water partition coefficient (Wildman–Crippen LogP) is 17.3. The van der Waals surface area contributed by atoms with E-state index in [9.17, 15) is 0 Å². The highest BCUT2D eigenvalue weighted by Gasteiger charge is 1.88. The quantitative estimate of drug-likeness (QED) is 0.149. The van der Waals surface area contributed by atoms with E-state index in [2.05, 4.69) is 84.8 Å². The van der Waals surface area contributed by atoms with Crippen molar-refractivity contribution < 1.29 is 0 Å². The number of hydrogen-bond acceptors (Lipinski definition) is 17. The summed E-state index contributed by atoms with van der Waals surface area (Å²) in [5.74, 6) is 2.56. The van der Waals surface area contributed by atoms with Crippen molar-refractivity contribution in [3.63, 3.8) is 0 Å².